The number of hydrogen-bond acceptors (Lipinski definition) is 3. The molecule has 0 unspecified atom stereocenters. The van der Waals surface area contributed by atoms with Gasteiger partial charge in [0.2, 0.25) is 11.8 Å². The van der Waals surface area contributed by atoms with Crippen LogP contribution in [0.25, 0.3) is 0 Å². The van der Waals surface area contributed by atoms with Crippen LogP contribution >= 0.6 is 0 Å². The van der Waals surface area contributed by atoms with E-state index in [4.69, 9.17) is 4.74 Å². The molecule has 1 rings (SSSR count). The van der Waals surface area contributed by atoms with Crippen LogP contribution in [0.15, 0.2) is 24.3 Å². The molecule has 0 saturated heterocycles. The molecular weight excluding hydrogens is 304 g/mol. The van der Waals surface area contributed by atoms with Gasteiger partial charge in [-0.05, 0) is 18.9 Å². The minimum Gasteiger partial charge on any atom is -0.496 e. The van der Waals surface area contributed by atoms with E-state index in [0.29, 0.717) is 12.3 Å². The first kappa shape index (κ1) is 20.0. The second-order valence-electron chi connectivity index (χ2n) is 6.17. The molecule has 1 aromatic rings. The van der Waals surface area contributed by atoms with E-state index in [2.05, 4.69) is 10.6 Å². The highest BCUT2D eigenvalue weighted by atomic mass is 16.5. The van der Waals surface area contributed by atoms with E-state index in [1.165, 1.54) is 0 Å². The summed E-state index contributed by atoms with van der Waals surface area (Å²) < 4.78 is 5.41. The molecule has 3 atom stereocenters. The van der Waals surface area contributed by atoms with Crippen LogP contribution in [0.4, 0.5) is 0 Å². The van der Waals surface area contributed by atoms with Gasteiger partial charge in [0.25, 0.3) is 0 Å². The maximum atomic E-state index is 12.3. The van der Waals surface area contributed by atoms with Crippen molar-refractivity contribution in [3.8, 4) is 5.75 Å². The maximum absolute atomic E-state index is 12.3. The molecule has 0 saturated carbocycles. The van der Waals surface area contributed by atoms with Crippen molar-refractivity contribution in [2.75, 3.05) is 13.7 Å². The second kappa shape index (κ2) is 9.96. The first-order valence-corrected chi connectivity index (χ1v) is 8.65. The molecule has 24 heavy (non-hydrogen) atoms. The van der Waals surface area contributed by atoms with Crippen molar-refractivity contribution in [2.24, 2.45) is 11.8 Å². The molecule has 0 bridgehead atoms. The van der Waals surface area contributed by atoms with Crippen LogP contribution in [0.1, 0.15) is 52.1 Å². The molecule has 0 aliphatic carbocycles. The van der Waals surface area contributed by atoms with Gasteiger partial charge >= 0.3 is 0 Å². The Kier molecular flexibility index (Phi) is 8.30. The lowest BCUT2D eigenvalue weighted by atomic mass is 10.0. The van der Waals surface area contributed by atoms with E-state index in [9.17, 15) is 9.59 Å². The number of ether oxygens (including phenoxy) is 1. The summed E-state index contributed by atoms with van der Waals surface area (Å²) in [6.45, 7) is 8.09. The number of nitrogens with one attached hydrogen (secondary N) is 2. The van der Waals surface area contributed by atoms with E-state index in [0.717, 1.165) is 18.4 Å². The second-order valence-corrected chi connectivity index (χ2v) is 6.17. The van der Waals surface area contributed by atoms with E-state index in [-0.39, 0.29) is 29.7 Å². The van der Waals surface area contributed by atoms with Crippen molar-refractivity contribution >= 4 is 11.8 Å². The molecule has 0 fully saturated rings. The van der Waals surface area contributed by atoms with Gasteiger partial charge in [-0.15, -0.1) is 0 Å². The Bertz CT molecular complexity index is 545. The van der Waals surface area contributed by atoms with Gasteiger partial charge in [0, 0.05) is 23.9 Å². The minimum absolute atomic E-state index is 0.00446. The highest BCUT2D eigenvalue weighted by Crippen LogP contribution is 2.25. The van der Waals surface area contributed by atoms with E-state index in [1.807, 2.05) is 52.0 Å². The Labute approximate surface area is 145 Å². The molecule has 0 radical (unpaired) electrons. The Hall–Kier alpha value is -2.04. The van der Waals surface area contributed by atoms with Crippen LogP contribution in [0.2, 0.25) is 0 Å². The van der Waals surface area contributed by atoms with Crippen molar-refractivity contribution in [2.45, 2.75) is 46.6 Å². The van der Waals surface area contributed by atoms with Gasteiger partial charge in [-0.3, -0.25) is 9.59 Å². The number of benzene rings is 1. The minimum atomic E-state index is -0.323. The molecule has 134 valence electrons. The largest absolute Gasteiger partial charge is 0.496 e. The summed E-state index contributed by atoms with van der Waals surface area (Å²) in [5.41, 5.74) is 0.862. The SMILES string of the molecule is CC[C@@H](C)C(=O)N[C@@H](CNC(=O)[C@@H](C)CC)c1ccccc1OC. The van der Waals surface area contributed by atoms with Gasteiger partial charge in [0.05, 0.1) is 13.2 Å². The molecule has 5 heteroatoms. The number of carbonyl (C=O) groups is 2. The molecule has 0 aliphatic heterocycles. The van der Waals surface area contributed by atoms with Crippen molar-refractivity contribution < 1.29 is 14.3 Å². The fourth-order valence-electron chi connectivity index (χ4n) is 2.25. The smallest absolute Gasteiger partial charge is 0.223 e. The van der Waals surface area contributed by atoms with Crippen LogP contribution in [0.5, 0.6) is 5.75 Å². The maximum Gasteiger partial charge on any atom is 0.223 e. The zero-order valence-corrected chi connectivity index (χ0v) is 15.4. The number of carbonyl (C=O) groups excluding carboxylic acids is 2. The van der Waals surface area contributed by atoms with Crippen LogP contribution in [-0.4, -0.2) is 25.5 Å². The summed E-state index contributed by atoms with van der Waals surface area (Å²) in [5, 5.41) is 5.97. The number of rotatable bonds is 9. The normalized spacial score (nSPS) is 14.4. The Balaban J connectivity index is 2.94. The van der Waals surface area contributed by atoms with Crippen molar-refractivity contribution in [3.05, 3.63) is 29.8 Å². The molecular formula is C19H30N2O3. The summed E-state index contributed by atoms with van der Waals surface area (Å²) in [5.74, 6) is 0.548. The average molecular weight is 334 g/mol. The fraction of sp³-hybridized carbons (Fsp3) is 0.579. The van der Waals surface area contributed by atoms with E-state index >= 15 is 0 Å². The van der Waals surface area contributed by atoms with E-state index < -0.39 is 0 Å². The lowest BCUT2D eigenvalue weighted by Crippen LogP contribution is -2.41. The molecule has 2 N–H and O–H groups in total. The van der Waals surface area contributed by atoms with Crippen molar-refractivity contribution in [3.63, 3.8) is 0 Å². The number of methoxy groups -OCH3 is 1. The molecule has 0 heterocycles. The number of amides is 2. The highest BCUT2D eigenvalue weighted by Gasteiger charge is 2.22. The molecule has 2 amide bonds. The Morgan fingerprint density at radius 3 is 2.21 bits per heavy atom. The Morgan fingerprint density at radius 2 is 1.62 bits per heavy atom. The van der Waals surface area contributed by atoms with Crippen molar-refractivity contribution in [1.82, 2.24) is 10.6 Å². The van der Waals surface area contributed by atoms with Gasteiger partial charge < -0.3 is 15.4 Å². The van der Waals surface area contributed by atoms with Crippen LogP contribution < -0.4 is 15.4 Å². The summed E-state index contributed by atoms with van der Waals surface area (Å²) in [6, 6.07) is 7.23. The molecule has 0 aromatic heterocycles. The number of hydrogen-bond donors (Lipinski definition) is 2. The highest BCUT2D eigenvalue weighted by molar-refractivity contribution is 5.80. The topological polar surface area (TPSA) is 67.4 Å². The zero-order valence-electron chi connectivity index (χ0n) is 15.4. The summed E-state index contributed by atoms with van der Waals surface area (Å²) in [4.78, 5) is 24.4. The third-order valence-corrected chi connectivity index (χ3v) is 4.43. The zero-order chi connectivity index (χ0) is 18.1. The fourth-order valence-corrected chi connectivity index (χ4v) is 2.25. The van der Waals surface area contributed by atoms with Gasteiger partial charge in [0.15, 0.2) is 0 Å². The monoisotopic (exact) mass is 334 g/mol. The third-order valence-electron chi connectivity index (χ3n) is 4.43. The van der Waals surface area contributed by atoms with Gasteiger partial charge in [-0.1, -0.05) is 45.9 Å². The van der Waals surface area contributed by atoms with Gasteiger partial charge in [0.1, 0.15) is 5.75 Å². The predicted molar refractivity (Wildman–Crippen MR) is 95.8 cm³/mol. The van der Waals surface area contributed by atoms with Crippen molar-refractivity contribution in [1.29, 1.82) is 0 Å². The third kappa shape index (κ3) is 5.55. The van der Waals surface area contributed by atoms with Gasteiger partial charge in [-0.25, -0.2) is 0 Å². The quantitative estimate of drug-likeness (QED) is 0.729. The summed E-state index contributed by atoms with van der Waals surface area (Å²) >= 11 is 0. The molecule has 0 spiro atoms. The number of para-hydroxylation sites is 1. The molecule has 5 nitrogen and oxygen atoms in total. The standard InChI is InChI=1S/C19H30N2O3/c1-6-13(3)18(22)20-12-16(21-19(23)14(4)7-2)15-10-8-9-11-17(15)24-5/h8-11,13-14,16H,6-7,12H2,1-5H3,(H,20,22)(H,21,23)/t13-,14+,16-/m0/s1. The first-order chi connectivity index (χ1) is 11.4. The van der Waals surface area contributed by atoms with E-state index in [1.54, 1.807) is 7.11 Å². The van der Waals surface area contributed by atoms with Crippen LogP contribution in [-0.2, 0) is 9.59 Å². The van der Waals surface area contributed by atoms with Crippen LogP contribution in [0.3, 0.4) is 0 Å². The van der Waals surface area contributed by atoms with Gasteiger partial charge in [-0.2, -0.15) is 0 Å². The summed E-state index contributed by atoms with van der Waals surface area (Å²) in [6.07, 6.45) is 1.55. The predicted octanol–water partition coefficient (Wildman–Crippen LogP) is 3.06. The average Bonchev–Trinajstić information content (AvgIpc) is 2.62. The first-order valence-electron chi connectivity index (χ1n) is 8.65. The lowest BCUT2D eigenvalue weighted by molar-refractivity contribution is -0.127. The van der Waals surface area contributed by atoms with Crippen LogP contribution in [0, 0.1) is 11.8 Å². The molecule has 0 aliphatic rings. The Morgan fingerprint density at radius 1 is 1.04 bits per heavy atom. The summed E-state index contributed by atoms with van der Waals surface area (Å²) in [7, 11) is 1.60. The lowest BCUT2D eigenvalue weighted by Gasteiger charge is -2.24. The molecule has 1 aromatic carbocycles.